The van der Waals surface area contributed by atoms with E-state index in [9.17, 15) is 15.3 Å². The molecule has 0 aromatic heterocycles. The van der Waals surface area contributed by atoms with Crippen LogP contribution >= 0.6 is 0 Å². The lowest BCUT2D eigenvalue weighted by Gasteiger charge is -2.45. The minimum Gasteiger partial charge on any atom is -0.390 e. The van der Waals surface area contributed by atoms with Crippen molar-refractivity contribution in [1.82, 2.24) is 0 Å². The molecule has 5 heteroatoms. The van der Waals surface area contributed by atoms with Gasteiger partial charge in [0.05, 0.1) is 18.3 Å². The number of ether oxygens (including phenoxy) is 2. The van der Waals surface area contributed by atoms with Gasteiger partial charge in [0.25, 0.3) is 0 Å². The molecule has 3 N–H and O–H groups in total. The molecule has 1 fully saturated rings. The maximum atomic E-state index is 10.0. The predicted molar refractivity (Wildman–Crippen MR) is 48.6 cm³/mol. The molecule has 0 unspecified atom stereocenters. The summed E-state index contributed by atoms with van der Waals surface area (Å²) in [5.74, 6) is 0. The molecule has 0 aromatic rings. The number of hydrogen-bond acceptors (Lipinski definition) is 5. The lowest BCUT2D eigenvalue weighted by Crippen LogP contribution is -2.63. The molecule has 0 aliphatic carbocycles. The van der Waals surface area contributed by atoms with Gasteiger partial charge in [0.15, 0.2) is 6.29 Å². The zero-order chi connectivity index (χ0) is 10.9. The Morgan fingerprint density at radius 1 is 1.57 bits per heavy atom. The Bertz CT molecular complexity index is 182. The predicted octanol–water partition coefficient (Wildman–Crippen LogP) is -0.759. The normalized spacial score (nSPS) is 46.3. The van der Waals surface area contributed by atoms with Gasteiger partial charge in [0, 0.05) is 13.5 Å². The molecular weight excluding hydrogens is 188 g/mol. The average Bonchev–Trinajstić information content (AvgIpc) is 2.12. The molecule has 1 aliphatic heterocycles. The fourth-order valence-electron chi connectivity index (χ4n) is 1.80. The van der Waals surface area contributed by atoms with Crippen LogP contribution in [0.4, 0.5) is 0 Å². The van der Waals surface area contributed by atoms with E-state index in [1.165, 1.54) is 14.0 Å². The van der Waals surface area contributed by atoms with Gasteiger partial charge in [-0.1, -0.05) is 0 Å². The fourth-order valence-corrected chi connectivity index (χ4v) is 1.80. The van der Waals surface area contributed by atoms with E-state index in [1.54, 1.807) is 6.92 Å². The second-order valence-corrected chi connectivity index (χ2v) is 3.76. The molecule has 14 heavy (non-hydrogen) atoms. The molecule has 0 amide bonds. The molecule has 84 valence electrons. The molecular formula is C9H18O5. The van der Waals surface area contributed by atoms with E-state index in [0.717, 1.165) is 0 Å². The van der Waals surface area contributed by atoms with Crippen LogP contribution in [0.1, 0.15) is 20.3 Å². The zero-order valence-corrected chi connectivity index (χ0v) is 8.67. The van der Waals surface area contributed by atoms with Crippen molar-refractivity contribution in [3.63, 3.8) is 0 Å². The molecule has 1 rings (SSSR count). The molecule has 5 atom stereocenters. The Morgan fingerprint density at radius 3 is 2.50 bits per heavy atom. The summed E-state index contributed by atoms with van der Waals surface area (Å²) in [4.78, 5) is 0. The quantitative estimate of drug-likeness (QED) is 0.553. The molecule has 1 aliphatic rings. The van der Waals surface area contributed by atoms with Gasteiger partial charge in [-0.05, 0) is 13.8 Å². The zero-order valence-electron chi connectivity index (χ0n) is 8.67. The highest BCUT2D eigenvalue weighted by atomic mass is 16.7. The maximum Gasteiger partial charge on any atom is 0.160 e. The Hall–Kier alpha value is -0.200. The van der Waals surface area contributed by atoms with Gasteiger partial charge in [0.1, 0.15) is 5.60 Å². The standard InChI is InChI=1S/C9H18O5/c1-5(10)9(12)6(2)14-8(13-3)4-7(9)11/h5-8,10-12H,4H2,1-3H3/t5-,6-,7+,8+,9+/m0/s1. The fraction of sp³-hybridized carbons (Fsp3) is 1.00. The van der Waals surface area contributed by atoms with E-state index in [2.05, 4.69) is 0 Å². The summed E-state index contributed by atoms with van der Waals surface area (Å²) in [6.07, 6.45) is -3.14. The van der Waals surface area contributed by atoms with Crippen LogP contribution in [-0.2, 0) is 9.47 Å². The van der Waals surface area contributed by atoms with Crippen LogP contribution in [0.15, 0.2) is 0 Å². The van der Waals surface area contributed by atoms with Crippen LogP contribution in [-0.4, -0.2) is 52.6 Å². The van der Waals surface area contributed by atoms with Crippen molar-refractivity contribution in [1.29, 1.82) is 0 Å². The van der Waals surface area contributed by atoms with Crippen LogP contribution < -0.4 is 0 Å². The van der Waals surface area contributed by atoms with Crippen LogP contribution in [0.2, 0.25) is 0 Å². The monoisotopic (exact) mass is 206 g/mol. The SMILES string of the molecule is CO[C@H]1C[C@@H](O)[C@@](O)([C@H](C)O)[C@H](C)O1. The smallest absolute Gasteiger partial charge is 0.160 e. The van der Waals surface area contributed by atoms with E-state index >= 15 is 0 Å². The third-order valence-corrected chi connectivity index (χ3v) is 2.89. The van der Waals surface area contributed by atoms with Crippen molar-refractivity contribution in [3.8, 4) is 0 Å². The van der Waals surface area contributed by atoms with Gasteiger partial charge in [-0.3, -0.25) is 0 Å². The van der Waals surface area contributed by atoms with Crippen molar-refractivity contribution in [2.75, 3.05) is 7.11 Å². The van der Waals surface area contributed by atoms with Crippen molar-refractivity contribution in [2.45, 2.75) is 50.5 Å². The number of rotatable bonds is 2. The number of aliphatic hydroxyl groups is 3. The van der Waals surface area contributed by atoms with E-state index in [0.29, 0.717) is 0 Å². The summed E-state index contributed by atoms with van der Waals surface area (Å²) in [5, 5.41) is 29.1. The minimum absolute atomic E-state index is 0.155. The van der Waals surface area contributed by atoms with Crippen LogP contribution in [0.5, 0.6) is 0 Å². The summed E-state index contributed by atoms with van der Waals surface area (Å²) < 4.78 is 10.2. The number of methoxy groups -OCH3 is 1. The Kier molecular flexibility index (Phi) is 3.49. The first-order valence-corrected chi connectivity index (χ1v) is 4.69. The minimum atomic E-state index is -1.62. The highest BCUT2D eigenvalue weighted by Crippen LogP contribution is 2.32. The topological polar surface area (TPSA) is 79.2 Å². The van der Waals surface area contributed by atoms with Gasteiger partial charge in [0.2, 0.25) is 0 Å². The molecule has 0 aromatic carbocycles. The van der Waals surface area contributed by atoms with Gasteiger partial charge in [-0.15, -0.1) is 0 Å². The van der Waals surface area contributed by atoms with E-state index in [-0.39, 0.29) is 6.42 Å². The summed E-state index contributed by atoms with van der Waals surface area (Å²) >= 11 is 0. The molecule has 0 bridgehead atoms. The first kappa shape index (κ1) is 11.9. The van der Waals surface area contributed by atoms with Crippen molar-refractivity contribution < 1.29 is 24.8 Å². The molecule has 0 radical (unpaired) electrons. The van der Waals surface area contributed by atoms with Gasteiger partial charge in [-0.25, -0.2) is 0 Å². The molecule has 5 nitrogen and oxygen atoms in total. The molecule has 1 heterocycles. The van der Waals surface area contributed by atoms with E-state index < -0.39 is 30.2 Å². The highest BCUT2D eigenvalue weighted by molar-refractivity contribution is 4.99. The summed E-state index contributed by atoms with van der Waals surface area (Å²) in [6, 6.07) is 0. The number of hydrogen-bond donors (Lipinski definition) is 3. The van der Waals surface area contributed by atoms with Gasteiger partial charge < -0.3 is 24.8 Å². The largest absolute Gasteiger partial charge is 0.390 e. The van der Waals surface area contributed by atoms with Crippen LogP contribution in [0, 0.1) is 0 Å². The van der Waals surface area contributed by atoms with Crippen LogP contribution in [0.3, 0.4) is 0 Å². The third kappa shape index (κ3) is 1.78. The van der Waals surface area contributed by atoms with Crippen molar-refractivity contribution in [3.05, 3.63) is 0 Å². The first-order valence-electron chi connectivity index (χ1n) is 4.69. The van der Waals surface area contributed by atoms with Gasteiger partial charge in [-0.2, -0.15) is 0 Å². The second-order valence-electron chi connectivity index (χ2n) is 3.76. The highest BCUT2D eigenvalue weighted by Gasteiger charge is 2.51. The average molecular weight is 206 g/mol. The molecule has 0 saturated carbocycles. The van der Waals surface area contributed by atoms with Crippen molar-refractivity contribution in [2.24, 2.45) is 0 Å². The lowest BCUT2D eigenvalue weighted by atomic mass is 9.82. The van der Waals surface area contributed by atoms with Gasteiger partial charge >= 0.3 is 0 Å². The first-order chi connectivity index (χ1) is 6.42. The third-order valence-electron chi connectivity index (χ3n) is 2.89. The molecule has 1 saturated heterocycles. The second kappa shape index (κ2) is 4.12. The maximum absolute atomic E-state index is 10.0. The lowest BCUT2D eigenvalue weighted by molar-refractivity contribution is -0.296. The summed E-state index contributed by atoms with van der Waals surface area (Å²) in [7, 11) is 1.47. The number of aliphatic hydroxyl groups excluding tert-OH is 2. The Labute approximate surface area is 83.3 Å². The van der Waals surface area contributed by atoms with Crippen molar-refractivity contribution >= 4 is 0 Å². The van der Waals surface area contributed by atoms with E-state index in [4.69, 9.17) is 9.47 Å². The Balaban J connectivity index is 2.79. The van der Waals surface area contributed by atoms with E-state index in [1.807, 2.05) is 0 Å². The summed E-state index contributed by atoms with van der Waals surface area (Å²) in [5.41, 5.74) is -1.62. The molecule has 0 spiro atoms. The van der Waals surface area contributed by atoms with Crippen LogP contribution in [0.25, 0.3) is 0 Å². The Morgan fingerprint density at radius 2 is 2.14 bits per heavy atom. The summed E-state index contributed by atoms with van der Waals surface area (Å²) in [6.45, 7) is 3.03.